The van der Waals surface area contributed by atoms with Crippen LogP contribution in [0.3, 0.4) is 0 Å². The third kappa shape index (κ3) is 9.89. The fourth-order valence-electron chi connectivity index (χ4n) is 3.98. The number of carboxylic acids is 1. The van der Waals surface area contributed by atoms with E-state index in [9.17, 15) is 29.1 Å². The first-order valence-corrected chi connectivity index (χ1v) is 12.8. The van der Waals surface area contributed by atoms with E-state index in [4.69, 9.17) is 11.5 Å². The van der Waals surface area contributed by atoms with Gasteiger partial charge in [0.1, 0.15) is 18.1 Å². The highest BCUT2D eigenvalue weighted by Crippen LogP contribution is 2.07. The second-order valence-corrected chi connectivity index (χ2v) is 9.38. The molecular weight excluding hydrogens is 534 g/mol. The van der Waals surface area contributed by atoms with Crippen LogP contribution in [0.1, 0.15) is 29.8 Å². The maximum Gasteiger partial charge on any atom is 0.326 e. The standard InChI is InChI=1S/C26H33N9O6/c27-18(8-15-4-2-1-3-5-15)23(37)34-20(9-16-11-29-13-31-16)25(39)33-19(6-7-22(28)36)24(38)35-21(26(40)41)10-17-12-30-14-32-17/h1-5,11-14,18-21H,6-10,27H2,(H2,28,36)(H,29,31)(H,30,32)(H,33,39)(H,34,37)(H,35,38)(H,40,41). The number of hydrogen-bond acceptors (Lipinski definition) is 8. The Labute approximate surface area is 234 Å². The van der Waals surface area contributed by atoms with Crippen LogP contribution in [-0.4, -0.2) is 78.8 Å². The normalized spacial score (nSPS) is 13.8. The molecule has 15 nitrogen and oxygen atoms in total. The highest BCUT2D eigenvalue weighted by atomic mass is 16.4. The first kappa shape index (κ1) is 30.5. The zero-order valence-electron chi connectivity index (χ0n) is 22.1. The van der Waals surface area contributed by atoms with Gasteiger partial charge in [0.25, 0.3) is 0 Å². The number of aromatic amines is 2. The van der Waals surface area contributed by atoms with Gasteiger partial charge in [0.05, 0.1) is 18.7 Å². The number of carbonyl (C=O) groups is 5. The van der Waals surface area contributed by atoms with Crippen molar-refractivity contribution >= 4 is 29.6 Å². The summed E-state index contributed by atoms with van der Waals surface area (Å²) in [6.45, 7) is 0. The molecule has 0 saturated heterocycles. The van der Waals surface area contributed by atoms with Crippen LogP contribution in [0, 0.1) is 0 Å². The Hall–Kier alpha value is -5.05. The molecule has 0 saturated carbocycles. The molecule has 0 spiro atoms. The summed E-state index contributed by atoms with van der Waals surface area (Å²) in [5.41, 5.74) is 13.2. The number of benzene rings is 1. The van der Waals surface area contributed by atoms with Gasteiger partial charge in [-0.05, 0) is 18.4 Å². The second kappa shape index (κ2) is 14.9. The van der Waals surface area contributed by atoms with Crippen LogP contribution in [0.25, 0.3) is 0 Å². The monoisotopic (exact) mass is 567 g/mol. The molecule has 3 rings (SSSR count). The summed E-state index contributed by atoms with van der Waals surface area (Å²) in [6.07, 6.45) is 5.29. The number of amides is 4. The van der Waals surface area contributed by atoms with Crippen molar-refractivity contribution in [2.45, 2.75) is 56.3 Å². The van der Waals surface area contributed by atoms with Crippen molar-refractivity contribution in [2.75, 3.05) is 0 Å². The lowest BCUT2D eigenvalue weighted by atomic mass is 10.0. The van der Waals surface area contributed by atoms with Crippen molar-refractivity contribution in [3.8, 4) is 0 Å². The third-order valence-corrected chi connectivity index (χ3v) is 6.15. The number of H-pyrrole nitrogens is 2. The third-order valence-electron chi connectivity index (χ3n) is 6.15. The van der Waals surface area contributed by atoms with Crippen LogP contribution >= 0.6 is 0 Å². The van der Waals surface area contributed by atoms with Crippen molar-refractivity contribution in [2.24, 2.45) is 11.5 Å². The molecule has 4 amide bonds. The summed E-state index contributed by atoms with van der Waals surface area (Å²) in [4.78, 5) is 76.1. The molecular formula is C26H33N9O6. The van der Waals surface area contributed by atoms with Crippen molar-refractivity contribution in [3.63, 3.8) is 0 Å². The van der Waals surface area contributed by atoms with Gasteiger partial charge in [-0.1, -0.05) is 30.3 Å². The molecule has 1 aromatic carbocycles. The highest BCUT2D eigenvalue weighted by Gasteiger charge is 2.31. The number of aromatic nitrogens is 4. The quantitative estimate of drug-likeness (QED) is 0.0979. The zero-order valence-corrected chi connectivity index (χ0v) is 22.1. The fourth-order valence-corrected chi connectivity index (χ4v) is 3.98. The van der Waals surface area contributed by atoms with Gasteiger partial charge in [0, 0.05) is 43.0 Å². The Kier molecular flexibility index (Phi) is 11.1. The Morgan fingerprint density at radius 3 is 1.85 bits per heavy atom. The molecule has 3 aromatic rings. The van der Waals surface area contributed by atoms with Crippen molar-refractivity contribution in [1.82, 2.24) is 35.9 Å². The molecule has 10 N–H and O–H groups in total. The summed E-state index contributed by atoms with van der Waals surface area (Å²) in [7, 11) is 0. The molecule has 0 radical (unpaired) electrons. The predicted octanol–water partition coefficient (Wildman–Crippen LogP) is -1.71. The average Bonchev–Trinajstić information content (AvgIpc) is 3.65. The molecule has 0 fully saturated rings. The maximum absolute atomic E-state index is 13.4. The summed E-state index contributed by atoms with van der Waals surface area (Å²) >= 11 is 0. The number of carboxylic acid groups (broad SMARTS) is 1. The minimum absolute atomic E-state index is 0.0165. The number of carbonyl (C=O) groups excluding carboxylic acids is 4. The van der Waals surface area contributed by atoms with E-state index in [0.29, 0.717) is 11.4 Å². The molecule has 41 heavy (non-hydrogen) atoms. The smallest absolute Gasteiger partial charge is 0.326 e. The van der Waals surface area contributed by atoms with Gasteiger partial charge < -0.3 is 42.5 Å². The lowest BCUT2D eigenvalue weighted by Gasteiger charge is -2.25. The minimum Gasteiger partial charge on any atom is -0.480 e. The van der Waals surface area contributed by atoms with Crippen LogP contribution in [0.4, 0.5) is 0 Å². The largest absolute Gasteiger partial charge is 0.480 e. The molecule has 218 valence electrons. The Bertz CT molecular complexity index is 1300. The van der Waals surface area contributed by atoms with Gasteiger partial charge in [-0.2, -0.15) is 0 Å². The van der Waals surface area contributed by atoms with Gasteiger partial charge in [-0.3, -0.25) is 19.2 Å². The van der Waals surface area contributed by atoms with E-state index in [0.717, 1.165) is 5.56 Å². The number of primary amides is 1. The van der Waals surface area contributed by atoms with Gasteiger partial charge in [-0.25, -0.2) is 14.8 Å². The van der Waals surface area contributed by atoms with Gasteiger partial charge in [-0.15, -0.1) is 0 Å². The lowest BCUT2D eigenvalue weighted by Crippen LogP contribution is -2.58. The average molecular weight is 568 g/mol. The highest BCUT2D eigenvalue weighted by molar-refractivity contribution is 5.94. The van der Waals surface area contributed by atoms with E-state index < -0.39 is 53.8 Å². The van der Waals surface area contributed by atoms with Crippen molar-refractivity contribution in [1.29, 1.82) is 0 Å². The molecule has 2 aromatic heterocycles. The molecule has 0 bridgehead atoms. The molecule has 4 atom stereocenters. The summed E-state index contributed by atoms with van der Waals surface area (Å²) in [5.74, 6) is -4.25. The predicted molar refractivity (Wildman–Crippen MR) is 145 cm³/mol. The number of hydrogen-bond donors (Lipinski definition) is 8. The van der Waals surface area contributed by atoms with Crippen LogP contribution in [0.2, 0.25) is 0 Å². The number of nitrogens with two attached hydrogens (primary N) is 2. The summed E-state index contributed by atoms with van der Waals surface area (Å²) in [5, 5.41) is 17.1. The van der Waals surface area contributed by atoms with E-state index in [1.165, 1.54) is 25.0 Å². The SMILES string of the molecule is NC(=O)CCC(NC(=O)C(Cc1cnc[nH]1)NC(=O)C(N)Cc1ccccc1)C(=O)NC(Cc1cnc[nH]1)C(=O)O. The Morgan fingerprint density at radius 2 is 1.32 bits per heavy atom. The molecule has 2 heterocycles. The van der Waals surface area contributed by atoms with E-state index in [1.807, 2.05) is 30.3 Å². The second-order valence-electron chi connectivity index (χ2n) is 9.38. The molecule has 15 heteroatoms. The van der Waals surface area contributed by atoms with Crippen LogP contribution in [-0.2, 0) is 43.2 Å². The van der Waals surface area contributed by atoms with Crippen molar-refractivity contribution in [3.05, 3.63) is 72.3 Å². The van der Waals surface area contributed by atoms with Crippen LogP contribution in [0.5, 0.6) is 0 Å². The first-order valence-electron chi connectivity index (χ1n) is 12.8. The molecule has 0 aliphatic rings. The van der Waals surface area contributed by atoms with Gasteiger partial charge >= 0.3 is 5.97 Å². The zero-order chi connectivity index (χ0) is 29.8. The van der Waals surface area contributed by atoms with Gasteiger partial charge in [0.2, 0.25) is 23.6 Å². The summed E-state index contributed by atoms with van der Waals surface area (Å²) in [6, 6.07) is 4.26. The number of rotatable bonds is 16. The Morgan fingerprint density at radius 1 is 0.780 bits per heavy atom. The molecule has 0 aliphatic heterocycles. The number of imidazole rings is 2. The number of nitrogens with zero attached hydrogens (tertiary/aromatic N) is 2. The molecule has 4 unspecified atom stereocenters. The van der Waals surface area contributed by atoms with E-state index in [2.05, 4.69) is 35.9 Å². The van der Waals surface area contributed by atoms with Gasteiger partial charge in [0.15, 0.2) is 0 Å². The Balaban J connectivity index is 1.74. The number of nitrogens with one attached hydrogen (secondary N) is 5. The van der Waals surface area contributed by atoms with Crippen molar-refractivity contribution < 1.29 is 29.1 Å². The number of aliphatic carboxylic acids is 1. The molecule has 0 aliphatic carbocycles. The van der Waals surface area contributed by atoms with Crippen LogP contribution < -0.4 is 27.4 Å². The maximum atomic E-state index is 13.4. The van der Waals surface area contributed by atoms with Crippen LogP contribution in [0.15, 0.2) is 55.4 Å². The topological polar surface area (TPSA) is 251 Å². The minimum atomic E-state index is -1.35. The summed E-state index contributed by atoms with van der Waals surface area (Å²) < 4.78 is 0. The van der Waals surface area contributed by atoms with E-state index >= 15 is 0 Å². The van der Waals surface area contributed by atoms with E-state index in [1.54, 1.807) is 0 Å². The first-order chi connectivity index (χ1) is 19.6. The van der Waals surface area contributed by atoms with E-state index in [-0.39, 0.29) is 32.1 Å². The lowest BCUT2D eigenvalue weighted by molar-refractivity contribution is -0.142. The fraction of sp³-hybridized carbons (Fsp3) is 0.346.